The average molecular weight is 610 g/mol. The number of halogens is 1. The number of amides is 1. The minimum absolute atomic E-state index is 0.109. The number of para-hydroxylation sites is 1. The third kappa shape index (κ3) is 7.74. The number of hydrogen-bond acceptors (Lipinski definition) is 7. The van der Waals surface area contributed by atoms with E-state index in [0.717, 1.165) is 16.8 Å². The van der Waals surface area contributed by atoms with Crippen LogP contribution >= 0.6 is 27.7 Å². The molecule has 202 valence electrons. The topological polar surface area (TPSA) is 77.4 Å². The lowest BCUT2D eigenvalue weighted by molar-refractivity contribution is -0.145. The molecule has 0 radical (unpaired) electrons. The molecule has 0 aliphatic carbocycles. The maximum Gasteiger partial charge on any atom is 0.344 e. The van der Waals surface area contributed by atoms with E-state index in [1.54, 1.807) is 17.9 Å². The largest absolute Gasteiger partial charge is 0.490 e. The first-order chi connectivity index (χ1) is 19.0. The van der Waals surface area contributed by atoms with Gasteiger partial charge in [-0.25, -0.2) is 9.79 Å². The van der Waals surface area contributed by atoms with Gasteiger partial charge in [0, 0.05) is 6.54 Å². The summed E-state index contributed by atoms with van der Waals surface area (Å²) < 4.78 is 17.0. The van der Waals surface area contributed by atoms with Crippen molar-refractivity contribution in [2.75, 3.05) is 26.4 Å². The summed E-state index contributed by atoms with van der Waals surface area (Å²) in [6, 6.07) is 23.3. The predicted molar refractivity (Wildman–Crippen MR) is 158 cm³/mol. The Balaban J connectivity index is 1.62. The van der Waals surface area contributed by atoms with E-state index >= 15 is 0 Å². The third-order valence-corrected chi connectivity index (χ3v) is 7.20. The number of aliphatic imine (C=N–C) groups is 1. The van der Waals surface area contributed by atoms with Crippen LogP contribution in [-0.4, -0.2) is 48.3 Å². The lowest BCUT2D eigenvalue weighted by Crippen LogP contribution is -2.31. The van der Waals surface area contributed by atoms with Gasteiger partial charge in [0.05, 0.1) is 28.3 Å². The monoisotopic (exact) mass is 608 g/mol. The number of benzene rings is 3. The number of carbonyl (C=O) groups excluding carboxylic acids is 2. The van der Waals surface area contributed by atoms with E-state index in [1.165, 1.54) is 11.8 Å². The minimum atomic E-state index is -0.466. The molecule has 1 fully saturated rings. The summed E-state index contributed by atoms with van der Waals surface area (Å²) in [5, 5.41) is 0.631. The van der Waals surface area contributed by atoms with Gasteiger partial charge in [-0.2, -0.15) is 0 Å². The summed E-state index contributed by atoms with van der Waals surface area (Å²) in [6.07, 6.45) is 2.53. The van der Waals surface area contributed by atoms with E-state index in [-0.39, 0.29) is 19.1 Å². The Bertz CT molecular complexity index is 1360. The first-order valence-corrected chi connectivity index (χ1v) is 14.2. The van der Waals surface area contributed by atoms with Gasteiger partial charge in [-0.15, -0.1) is 0 Å². The molecule has 0 saturated carbocycles. The van der Waals surface area contributed by atoms with Gasteiger partial charge in [0.25, 0.3) is 5.91 Å². The van der Waals surface area contributed by atoms with Crippen molar-refractivity contribution in [3.63, 3.8) is 0 Å². The molecular formula is C30H29BrN2O5S. The Morgan fingerprint density at radius 2 is 1.72 bits per heavy atom. The van der Waals surface area contributed by atoms with E-state index in [4.69, 9.17) is 19.2 Å². The fourth-order valence-corrected chi connectivity index (χ4v) is 5.45. The summed E-state index contributed by atoms with van der Waals surface area (Å²) in [5.41, 5.74) is 2.67. The highest BCUT2D eigenvalue weighted by Crippen LogP contribution is 2.40. The zero-order valence-corrected chi connectivity index (χ0v) is 24.2. The van der Waals surface area contributed by atoms with Crippen molar-refractivity contribution in [1.82, 2.24) is 4.90 Å². The molecule has 0 bridgehead atoms. The number of thioether (sulfide) groups is 1. The molecule has 0 atom stereocenters. The van der Waals surface area contributed by atoms with Crippen LogP contribution in [0.2, 0.25) is 0 Å². The zero-order chi connectivity index (χ0) is 27.6. The number of esters is 1. The Labute approximate surface area is 241 Å². The molecule has 0 unspecified atom stereocenters. The van der Waals surface area contributed by atoms with Gasteiger partial charge in [-0.1, -0.05) is 48.5 Å². The summed E-state index contributed by atoms with van der Waals surface area (Å²) >= 11 is 4.87. The first-order valence-electron chi connectivity index (χ1n) is 12.6. The third-order valence-electron chi connectivity index (χ3n) is 5.61. The van der Waals surface area contributed by atoms with Gasteiger partial charge < -0.3 is 14.2 Å². The lowest BCUT2D eigenvalue weighted by atomic mass is 10.1. The molecule has 0 spiro atoms. The van der Waals surface area contributed by atoms with Crippen molar-refractivity contribution in [3.8, 4) is 11.5 Å². The molecule has 3 aromatic carbocycles. The van der Waals surface area contributed by atoms with Crippen molar-refractivity contribution in [2.24, 2.45) is 4.99 Å². The smallest absolute Gasteiger partial charge is 0.344 e. The zero-order valence-electron chi connectivity index (χ0n) is 21.8. The molecular weight excluding hydrogens is 580 g/mol. The van der Waals surface area contributed by atoms with Crippen LogP contribution in [0.1, 0.15) is 25.0 Å². The molecule has 1 aliphatic rings. The van der Waals surface area contributed by atoms with Crippen LogP contribution < -0.4 is 9.47 Å². The molecule has 0 aromatic heterocycles. The fourth-order valence-electron chi connectivity index (χ4n) is 3.85. The molecule has 1 saturated heterocycles. The van der Waals surface area contributed by atoms with Crippen molar-refractivity contribution < 1.29 is 23.8 Å². The van der Waals surface area contributed by atoms with Crippen LogP contribution in [0.5, 0.6) is 11.5 Å². The highest BCUT2D eigenvalue weighted by Gasteiger charge is 2.33. The van der Waals surface area contributed by atoms with Crippen LogP contribution in [0.4, 0.5) is 5.69 Å². The number of amidine groups is 1. The van der Waals surface area contributed by atoms with Gasteiger partial charge in [-0.05, 0) is 89.4 Å². The number of carbonyl (C=O) groups is 2. The van der Waals surface area contributed by atoms with Crippen molar-refractivity contribution in [1.29, 1.82) is 0 Å². The quantitative estimate of drug-likeness (QED) is 0.179. The Morgan fingerprint density at radius 1 is 1.00 bits per heavy atom. The average Bonchev–Trinajstić information content (AvgIpc) is 3.21. The minimum Gasteiger partial charge on any atom is -0.490 e. The maximum absolute atomic E-state index is 13.6. The van der Waals surface area contributed by atoms with Crippen molar-refractivity contribution >= 4 is 56.5 Å². The molecule has 7 nitrogen and oxygen atoms in total. The number of rotatable bonds is 11. The highest BCUT2D eigenvalue weighted by molar-refractivity contribution is 9.10. The number of hydrogen-bond donors (Lipinski definition) is 0. The van der Waals surface area contributed by atoms with Gasteiger partial charge in [0.2, 0.25) is 0 Å². The molecule has 9 heteroatoms. The first kappa shape index (κ1) is 28.4. The molecule has 1 amide bonds. The van der Waals surface area contributed by atoms with E-state index in [2.05, 4.69) is 28.1 Å². The van der Waals surface area contributed by atoms with Gasteiger partial charge in [0.1, 0.15) is 0 Å². The Kier molecular flexibility index (Phi) is 10.2. The maximum atomic E-state index is 13.6. The summed E-state index contributed by atoms with van der Waals surface area (Å²) in [5.74, 6) is 0.278. The van der Waals surface area contributed by atoms with Crippen LogP contribution in [0.15, 0.2) is 87.2 Å². The molecule has 1 aliphatic heterocycles. The second kappa shape index (κ2) is 14.0. The molecule has 1 heterocycles. The van der Waals surface area contributed by atoms with E-state index in [1.807, 2.05) is 67.6 Å². The SMILES string of the molecule is CCOC(=O)COc1c(Br)cc(C=C2SC(=Nc3ccccc3)N(CCc3ccccc3)C2=O)cc1OCC. The second-order valence-corrected chi connectivity index (χ2v) is 10.3. The lowest BCUT2D eigenvalue weighted by Gasteiger charge is -2.15. The molecule has 0 N–H and O–H groups in total. The Morgan fingerprint density at radius 3 is 2.41 bits per heavy atom. The number of ether oxygens (including phenoxy) is 3. The van der Waals surface area contributed by atoms with Crippen LogP contribution in [0.3, 0.4) is 0 Å². The van der Waals surface area contributed by atoms with Gasteiger partial charge in [0.15, 0.2) is 23.3 Å². The summed E-state index contributed by atoms with van der Waals surface area (Å²) in [6.45, 7) is 4.55. The summed E-state index contributed by atoms with van der Waals surface area (Å²) in [7, 11) is 0. The highest BCUT2D eigenvalue weighted by atomic mass is 79.9. The summed E-state index contributed by atoms with van der Waals surface area (Å²) in [4.78, 5) is 32.4. The van der Waals surface area contributed by atoms with E-state index < -0.39 is 5.97 Å². The van der Waals surface area contributed by atoms with Crippen LogP contribution in [0.25, 0.3) is 6.08 Å². The van der Waals surface area contributed by atoms with E-state index in [9.17, 15) is 9.59 Å². The molecule has 39 heavy (non-hydrogen) atoms. The standard InChI is InChI=1S/C30H29BrN2O5S/c1-3-36-25-18-22(17-24(31)28(25)38-20-27(34)37-4-2)19-26-29(35)33(16-15-21-11-7-5-8-12-21)30(39-26)32-23-13-9-6-10-14-23/h5-14,17-19H,3-4,15-16,20H2,1-2H3. The normalized spacial score (nSPS) is 15.2. The Hall–Kier alpha value is -3.56. The number of nitrogens with zero attached hydrogens (tertiary/aromatic N) is 2. The predicted octanol–water partition coefficient (Wildman–Crippen LogP) is 6.64. The van der Waals surface area contributed by atoms with Gasteiger partial charge in [-0.3, -0.25) is 9.69 Å². The molecule has 3 aromatic rings. The fraction of sp³-hybridized carbons (Fsp3) is 0.233. The second-order valence-electron chi connectivity index (χ2n) is 8.39. The van der Waals surface area contributed by atoms with E-state index in [0.29, 0.717) is 45.6 Å². The van der Waals surface area contributed by atoms with Crippen molar-refractivity contribution in [2.45, 2.75) is 20.3 Å². The molecule has 4 rings (SSSR count). The van der Waals surface area contributed by atoms with Gasteiger partial charge >= 0.3 is 5.97 Å². The van der Waals surface area contributed by atoms with Crippen LogP contribution in [-0.2, 0) is 20.7 Å². The van der Waals surface area contributed by atoms with Crippen molar-refractivity contribution in [3.05, 3.63) is 93.3 Å². The van der Waals surface area contributed by atoms with Crippen LogP contribution in [0, 0.1) is 0 Å².